The molecule has 166 valence electrons. The molecule has 0 radical (unpaired) electrons. The minimum absolute atomic E-state index is 0.203. The molecule has 0 saturated heterocycles. The zero-order valence-electron chi connectivity index (χ0n) is 17.7. The van der Waals surface area contributed by atoms with Crippen molar-refractivity contribution in [2.24, 2.45) is 0 Å². The summed E-state index contributed by atoms with van der Waals surface area (Å²) in [6.07, 6.45) is 3.19. The summed E-state index contributed by atoms with van der Waals surface area (Å²) >= 11 is 18.7. The molecule has 4 rings (SSSR count). The van der Waals surface area contributed by atoms with Gasteiger partial charge >= 0.3 is 0 Å². The van der Waals surface area contributed by atoms with Gasteiger partial charge in [0.25, 0.3) is 0 Å². The highest BCUT2D eigenvalue weighted by Gasteiger charge is 2.18. The Kier molecular flexibility index (Phi) is 7.19. The van der Waals surface area contributed by atoms with E-state index < -0.39 is 0 Å². The van der Waals surface area contributed by atoms with Crippen LogP contribution in [-0.2, 0) is 11.3 Å². The number of carbonyl (C=O) groups is 1. The first kappa shape index (κ1) is 23.1. The van der Waals surface area contributed by atoms with E-state index in [-0.39, 0.29) is 5.91 Å². The lowest BCUT2D eigenvalue weighted by Crippen LogP contribution is -2.20. The third-order valence-corrected chi connectivity index (χ3v) is 5.91. The van der Waals surface area contributed by atoms with E-state index >= 15 is 0 Å². The Morgan fingerprint density at radius 3 is 2.36 bits per heavy atom. The van der Waals surface area contributed by atoms with Gasteiger partial charge in [0.2, 0.25) is 5.91 Å². The Labute approximate surface area is 207 Å². The first-order valence-electron chi connectivity index (χ1n) is 10.2. The quantitative estimate of drug-likeness (QED) is 0.288. The van der Waals surface area contributed by atoms with E-state index in [2.05, 4.69) is 5.32 Å². The van der Waals surface area contributed by atoms with Gasteiger partial charge in [-0.1, -0.05) is 77.3 Å². The summed E-state index contributed by atoms with van der Waals surface area (Å²) in [4.78, 5) is 12.4. The summed E-state index contributed by atoms with van der Waals surface area (Å²) in [5.41, 5.74) is 5.03. The van der Waals surface area contributed by atoms with E-state index in [4.69, 9.17) is 39.9 Å². The van der Waals surface area contributed by atoms with Crippen LogP contribution in [-0.4, -0.2) is 15.7 Å². The summed E-state index contributed by atoms with van der Waals surface area (Å²) in [5, 5.41) is 9.28. The molecule has 0 atom stereocenters. The molecule has 0 spiro atoms. The van der Waals surface area contributed by atoms with E-state index in [0.717, 1.165) is 22.4 Å². The van der Waals surface area contributed by atoms with Crippen LogP contribution in [0.3, 0.4) is 0 Å². The maximum absolute atomic E-state index is 12.4. The number of amides is 1. The lowest BCUT2D eigenvalue weighted by atomic mass is 10.1. The largest absolute Gasteiger partial charge is 0.348 e. The normalized spacial score (nSPS) is 11.2. The van der Waals surface area contributed by atoms with Gasteiger partial charge in [0.15, 0.2) is 0 Å². The molecule has 4 aromatic rings. The molecular formula is C26H20Cl3N3O. The van der Waals surface area contributed by atoms with Gasteiger partial charge in [-0.15, -0.1) is 0 Å². The van der Waals surface area contributed by atoms with Gasteiger partial charge in [-0.3, -0.25) is 4.79 Å². The second-order valence-electron chi connectivity index (χ2n) is 7.41. The fourth-order valence-corrected chi connectivity index (χ4v) is 4.06. The Balaban J connectivity index is 1.68. The predicted octanol–water partition coefficient (Wildman–Crippen LogP) is 7.14. The average molecular weight is 497 g/mol. The molecule has 0 unspecified atom stereocenters. The summed E-state index contributed by atoms with van der Waals surface area (Å²) in [6.45, 7) is 2.41. The Bertz CT molecular complexity index is 1310. The van der Waals surface area contributed by atoms with Crippen molar-refractivity contribution in [1.82, 2.24) is 15.1 Å². The third kappa shape index (κ3) is 5.48. The van der Waals surface area contributed by atoms with Crippen molar-refractivity contribution >= 4 is 46.8 Å². The molecule has 3 aromatic carbocycles. The highest BCUT2D eigenvalue weighted by atomic mass is 35.5. The molecule has 1 aromatic heterocycles. The van der Waals surface area contributed by atoms with E-state index in [0.29, 0.717) is 33.0 Å². The molecule has 0 saturated carbocycles. The number of nitrogens with one attached hydrogen (secondary N) is 1. The third-order valence-electron chi connectivity index (χ3n) is 5.12. The van der Waals surface area contributed by atoms with Crippen molar-refractivity contribution < 1.29 is 4.79 Å². The number of rotatable bonds is 6. The standard InChI is InChI=1S/C26H20Cl3N3O/c1-17-23(12-14-25(33)30-16-18-5-3-2-4-6-18)31-32(24-13-11-21(28)15-22(24)29)26(17)19-7-9-20(27)10-8-19/h2-15H,16H2,1H3,(H,30,33)/b14-12+. The summed E-state index contributed by atoms with van der Waals surface area (Å²) in [7, 11) is 0. The van der Waals surface area contributed by atoms with Crippen LogP contribution in [0.4, 0.5) is 0 Å². The number of aromatic nitrogens is 2. The number of halogens is 3. The van der Waals surface area contributed by atoms with Crippen molar-refractivity contribution in [1.29, 1.82) is 0 Å². The van der Waals surface area contributed by atoms with Gasteiger partial charge in [0.1, 0.15) is 0 Å². The maximum Gasteiger partial charge on any atom is 0.244 e. The molecule has 4 nitrogen and oxygen atoms in total. The summed E-state index contributed by atoms with van der Waals surface area (Å²) in [6, 6.07) is 22.5. The molecule has 33 heavy (non-hydrogen) atoms. The van der Waals surface area contributed by atoms with E-state index in [1.807, 2.05) is 67.6 Å². The zero-order chi connectivity index (χ0) is 23.4. The van der Waals surface area contributed by atoms with Gasteiger partial charge < -0.3 is 5.32 Å². The van der Waals surface area contributed by atoms with Crippen molar-refractivity contribution in [3.63, 3.8) is 0 Å². The van der Waals surface area contributed by atoms with Crippen molar-refractivity contribution in [2.45, 2.75) is 13.5 Å². The van der Waals surface area contributed by atoms with Crippen LogP contribution in [0.2, 0.25) is 15.1 Å². The highest BCUT2D eigenvalue weighted by molar-refractivity contribution is 6.35. The summed E-state index contributed by atoms with van der Waals surface area (Å²) in [5.74, 6) is -0.203. The first-order chi connectivity index (χ1) is 15.9. The predicted molar refractivity (Wildman–Crippen MR) is 136 cm³/mol. The van der Waals surface area contributed by atoms with E-state index in [1.54, 1.807) is 22.9 Å². The van der Waals surface area contributed by atoms with Crippen LogP contribution in [0.25, 0.3) is 23.0 Å². The highest BCUT2D eigenvalue weighted by Crippen LogP contribution is 2.33. The minimum atomic E-state index is -0.203. The molecule has 7 heteroatoms. The topological polar surface area (TPSA) is 46.9 Å². The molecule has 1 amide bonds. The lowest BCUT2D eigenvalue weighted by molar-refractivity contribution is -0.116. The Morgan fingerprint density at radius 2 is 1.67 bits per heavy atom. The second-order valence-corrected chi connectivity index (χ2v) is 8.69. The molecule has 0 aliphatic carbocycles. The van der Waals surface area contributed by atoms with Gasteiger partial charge in [-0.25, -0.2) is 4.68 Å². The monoisotopic (exact) mass is 495 g/mol. The van der Waals surface area contributed by atoms with Gasteiger partial charge in [0.05, 0.1) is 22.1 Å². The van der Waals surface area contributed by atoms with Crippen LogP contribution < -0.4 is 5.32 Å². The Morgan fingerprint density at radius 1 is 0.970 bits per heavy atom. The number of carbonyl (C=O) groups excluding carboxylic acids is 1. The fraction of sp³-hybridized carbons (Fsp3) is 0.0769. The average Bonchev–Trinajstić information content (AvgIpc) is 3.13. The van der Waals surface area contributed by atoms with Crippen LogP contribution in [0, 0.1) is 6.92 Å². The SMILES string of the molecule is Cc1c(/C=C/C(=O)NCc2ccccc2)nn(-c2ccc(Cl)cc2Cl)c1-c1ccc(Cl)cc1. The number of nitrogens with zero attached hydrogens (tertiary/aromatic N) is 2. The number of benzene rings is 3. The second kappa shape index (κ2) is 10.3. The van der Waals surface area contributed by atoms with Gasteiger partial charge in [-0.05, 0) is 48.9 Å². The van der Waals surface area contributed by atoms with Crippen molar-refractivity contribution in [3.8, 4) is 16.9 Å². The van der Waals surface area contributed by atoms with Crippen LogP contribution >= 0.6 is 34.8 Å². The van der Waals surface area contributed by atoms with E-state index in [9.17, 15) is 4.79 Å². The van der Waals surface area contributed by atoms with E-state index in [1.165, 1.54) is 6.08 Å². The zero-order valence-corrected chi connectivity index (χ0v) is 20.0. The molecule has 0 aliphatic heterocycles. The molecular weight excluding hydrogens is 477 g/mol. The van der Waals surface area contributed by atoms with Gasteiger partial charge in [-0.2, -0.15) is 5.10 Å². The van der Waals surface area contributed by atoms with Crippen molar-refractivity contribution in [2.75, 3.05) is 0 Å². The van der Waals surface area contributed by atoms with Crippen molar-refractivity contribution in [3.05, 3.63) is 111 Å². The molecule has 0 aliphatic rings. The van der Waals surface area contributed by atoms with Crippen LogP contribution in [0.1, 0.15) is 16.8 Å². The van der Waals surface area contributed by atoms with Gasteiger partial charge in [0, 0.05) is 33.8 Å². The lowest BCUT2D eigenvalue weighted by Gasteiger charge is -2.11. The molecule has 1 N–H and O–H groups in total. The molecule has 0 fully saturated rings. The number of hydrogen-bond donors (Lipinski definition) is 1. The first-order valence-corrected chi connectivity index (χ1v) is 11.4. The maximum atomic E-state index is 12.4. The fourth-order valence-electron chi connectivity index (χ4n) is 3.44. The van der Waals surface area contributed by atoms with Crippen LogP contribution in [0.5, 0.6) is 0 Å². The molecule has 1 heterocycles. The smallest absolute Gasteiger partial charge is 0.244 e. The number of hydrogen-bond acceptors (Lipinski definition) is 2. The summed E-state index contributed by atoms with van der Waals surface area (Å²) < 4.78 is 1.76. The minimum Gasteiger partial charge on any atom is -0.348 e. The molecule has 0 bridgehead atoms. The van der Waals surface area contributed by atoms with Crippen LogP contribution in [0.15, 0.2) is 78.9 Å². The Hall–Kier alpha value is -3.05.